The number of nitrogens with zero attached hydrogens (tertiary/aromatic N) is 1. The van der Waals surface area contributed by atoms with Crippen LogP contribution < -0.4 is 0 Å². The first-order valence-electron chi connectivity index (χ1n) is 4.94. The summed E-state index contributed by atoms with van der Waals surface area (Å²) in [7, 11) is 0. The second-order valence-electron chi connectivity index (χ2n) is 4.04. The maximum absolute atomic E-state index is 5.81. The van der Waals surface area contributed by atoms with Gasteiger partial charge < -0.3 is 4.42 Å². The predicted molar refractivity (Wildman–Crippen MR) is 50.0 cm³/mol. The highest BCUT2D eigenvalue weighted by molar-refractivity contribution is 6.16. The molecule has 0 spiro atoms. The van der Waals surface area contributed by atoms with Gasteiger partial charge >= 0.3 is 0 Å². The molecule has 0 aliphatic heterocycles. The molecule has 3 rings (SSSR count). The van der Waals surface area contributed by atoms with Gasteiger partial charge in [0.1, 0.15) is 5.76 Å². The van der Waals surface area contributed by atoms with Crippen LogP contribution in [-0.4, -0.2) is 4.98 Å². The van der Waals surface area contributed by atoms with Crippen LogP contribution in [0.3, 0.4) is 0 Å². The van der Waals surface area contributed by atoms with E-state index in [1.165, 1.54) is 25.7 Å². The van der Waals surface area contributed by atoms with Crippen LogP contribution in [0, 0.1) is 0 Å². The van der Waals surface area contributed by atoms with Crippen LogP contribution in [0.15, 0.2) is 4.42 Å². The fraction of sp³-hybridized carbons (Fsp3) is 0.700. The molecule has 1 heterocycles. The van der Waals surface area contributed by atoms with Gasteiger partial charge in [0.05, 0.1) is 11.6 Å². The Balaban J connectivity index is 1.95. The van der Waals surface area contributed by atoms with Crippen molar-refractivity contribution in [3.05, 3.63) is 17.3 Å². The smallest absolute Gasteiger partial charge is 0.197 e. The van der Waals surface area contributed by atoms with Gasteiger partial charge in [-0.2, -0.15) is 0 Å². The van der Waals surface area contributed by atoms with E-state index in [0.29, 0.717) is 17.7 Å². The first-order chi connectivity index (χ1) is 6.38. The van der Waals surface area contributed by atoms with E-state index in [9.17, 15) is 0 Å². The molecule has 2 aliphatic carbocycles. The summed E-state index contributed by atoms with van der Waals surface area (Å²) in [6.45, 7) is 0. The largest absolute Gasteiger partial charge is 0.444 e. The van der Waals surface area contributed by atoms with Gasteiger partial charge in [0.2, 0.25) is 0 Å². The van der Waals surface area contributed by atoms with Crippen molar-refractivity contribution in [1.82, 2.24) is 4.98 Å². The van der Waals surface area contributed by atoms with Crippen LogP contribution in [0.25, 0.3) is 0 Å². The molecule has 0 radical (unpaired) electrons. The summed E-state index contributed by atoms with van der Waals surface area (Å²) in [4.78, 5) is 4.55. The van der Waals surface area contributed by atoms with Crippen molar-refractivity contribution in [2.24, 2.45) is 0 Å². The number of oxazole rings is 1. The summed E-state index contributed by atoms with van der Waals surface area (Å²) < 4.78 is 5.65. The summed E-state index contributed by atoms with van der Waals surface area (Å²) in [5.41, 5.74) is 1.15. The quantitative estimate of drug-likeness (QED) is 0.696. The van der Waals surface area contributed by atoms with Crippen LogP contribution >= 0.6 is 11.6 Å². The SMILES string of the molecule is ClCc1oc(C2CC2)nc1C1CC1. The fourth-order valence-electron chi connectivity index (χ4n) is 1.66. The van der Waals surface area contributed by atoms with E-state index in [1.807, 2.05) is 0 Å². The highest BCUT2D eigenvalue weighted by Crippen LogP contribution is 2.45. The zero-order chi connectivity index (χ0) is 8.84. The molecule has 2 aliphatic rings. The van der Waals surface area contributed by atoms with Crippen LogP contribution in [0.5, 0.6) is 0 Å². The Morgan fingerprint density at radius 3 is 2.46 bits per heavy atom. The standard InChI is InChI=1S/C10H12ClNO/c11-5-8-9(6-1-2-6)12-10(13-8)7-3-4-7/h6-7H,1-5H2. The zero-order valence-corrected chi connectivity index (χ0v) is 8.18. The molecule has 0 aromatic carbocycles. The molecule has 13 heavy (non-hydrogen) atoms. The van der Waals surface area contributed by atoms with E-state index in [2.05, 4.69) is 4.98 Å². The average molecular weight is 198 g/mol. The zero-order valence-electron chi connectivity index (χ0n) is 7.42. The van der Waals surface area contributed by atoms with Gasteiger partial charge in [-0.15, -0.1) is 11.6 Å². The van der Waals surface area contributed by atoms with E-state index in [-0.39, 0.29) is 0 Å². The minimum absolute atomic E-state index is 0.478. The lowest BCUT2D eigenvalue weighted by molar-refractivity contribution is 0.468. The topological polar surface area (TPSA) is 26.0 Å². The van der Waals surface area contributed by atoms with Gasteiger partial charge in [-0.1, -0.05) is 0 Å². The molecule has 0 amide bonds. The van der Waals surface area contributed by atoms with Crippen LogP contribution in [0.2, 0.25) is 0 Å². The van der Waals surface area contributed by atoms with E-state index in [0.717, 1.165) is 17.3 Å². The molecule has 0 N–H and O–H groups in total. The molecular weight excluding hydrogens is 186 g/mol. The predicted octanol–water partition coefficient (Wildman–Crippen LogP) is 3.17. The van der Waals surface area contributed by atoms with Crippen molar-refractivity contribution in [3.63, 3.8) is 0 Å². The van der Waals surface area contributed by atoms with Gasteiger partial charge in [0.15, 0.2) is 5.89 Å². The monoisotopic (exact) mass is 197 g/mol. The summed E-state index contributed by atoms with van der Waals surface area (Å²) in [5, 5.41) is 0. The minimum Gasteiger partial charge on any atom is -0.444 e. The summed E-state index contributed by atoms with van der Waals surface area (Å²) in [6, 6.07) is 0. The summed E-state index contributed by atoms with van der Waals surface area (Å²) >= 11 is 5.81. The van der Waals surface area contributed by atoms with Crippen molar-refractivity contribution in [2.45, 2.75) is 43.4 Å². The summed E-state index contributed by atoms with van der Waals surface area (Å²) in [6.07, 6.45) is 5.01. The van der Waals surface area contributed by atoms with E-state index in [1.54, 1.807) is 0 Å². The molecule has 0 unspecified atom stereocenters. The lowest BCUT2D eigenvalue weighted by Crippen LogP contribution is -1.85. The number of hydrogen-bond acceptors (Lipinski definition) is 2. The van der Waals surface area contributed by atoms with Crippen molar-refractivity contribution in [1.29, 1.82) is 0 Å². The molecule has 0 saturated heterocycles. The highest BCUT2D eigenvalue weighted by atomic mass is 35.5. The lowest BCUT2D eigenvalue weighted by atomic mass is 10.2. The van der Waals surface area contributed by atoms with Gasteiger partial charge in [0.25, 0.3) is 0 Å². The van der Waals surface area contributed by atoms with Gasteiger partial charge in [-0.25, -0.2) is 4.98 Å². The van der Waals surface area contributed by atoms with Gasteiger partial charge in [0, 0.05) is 11.8 Å². The van der Waals surface area contributed by atoms with Gasteiger partial charge in [-0.3, -0.25) is 0 Å². The number of aromatic nitrogens is 1. The van der Waals surface area contributed by atoms with Crippen molar-refractivity contribution >= 4 is 11.6 Å². The molecule has 0 atom stereocenters. The average Bonchev–Trinajstić information content (AvgIpc) is 3.02. The maximum Gasteiger partial charge on any atom is 0.197 e. The van der Waals surface area contributed by atoms with Crippen molar-refractivity contribution < 1.29 is 4.42 Å². The fourth-order valence-corrected chi connectivity index (χ4v) is 1.85. The Hall–Kier alpha value is -0.500. The van der Waals surface area contributed by atoms with E-state index >= 15 is 0 Å². The maximum atomic E-state index is 5.81. The first-order valence-corrected chi connectivity index (χ1v) is 5.47. The first kappa shape index (κ1) is 7.86. The third-order valence-corrected chi connectivity index (χ3v) is 3.00. The molecule has 2 fully saturated rings. The van der Waals surface area contributed by atoms with Crippen molar-refractivity contribution in [3.8, 4) is 0 Å². The molecule has 1 aromatic heterocycles. The molecule has 2 nitrogen and oxygen atoms in total. The molecular formula is C10H12ClNO. The Morgan fingerprint density at radius 1 is 1.23 bits per heavy atom. The second kappa shape index (κ2) is 2.74. The Morgan fingerprint density at radius 2 is 1.92 bits per heavy atom. The number of rotatable bonds is 3. The molecule has 70 valence electrons. The number of halogens is 1. The number of alkyl halides is 1. The Bertz CT molecular complexity index is 326. The molecule has 3 heteroatoms. The third-order valence-electron chi connectivity index (χ3n) is 2.76. The molecule has 1 aromatic rings. The lowest BCUT2D eigenvalue weighted by Gasteiger charge is -1.90. The van der Waals surface area contributed by atoms with Crippen LogP contribution in [0.1, 0.15) is 54.9 Å². The Labute approximate surface area is 82.3 Å². The highest BCUT2D eigenvalue weighted by Gasteiger charge is 2.34. The van der Waals surface area contributed by atoms with Crippen molar-refractivity contribution in [2.75, 3.05) is 0 Å². The second-order valence-corrected chi connectivity index (χ2v) is 4.31. The Kier molecular flexibility index (Phi) is 1.66. The molecule has 0 bridgehead atoms. The molecule has 2 saturated carbocycles. The van der Waals surface area contributed by atoms with Crippen LogP contribution in [-0.2, 0) is 5.88 Å². The van der Waals surface area contributed by atoms with E-state index < -0.39 is 0 Å². The number of hydrogen-bond donors (Lipinski definition) is 0. The summed E-state index contributed by atoms with van der Waals surface area (Å²) in [5.74, 6) is 3.61. The normalized spacial score (nSPS) is 22.2. The third kappa shape index (κ3) is 1.37. The minimum atomic E-state index is 0.478. The van der Waals surface area contributed by atoms with E-state index in [4.69, 9.17) is 16.0 Å². The van der Waals surface area contributed by atoms with Crippen LogP contribution in [0.4, 0.5) is 0 Å². The van der Waals surface area contributed by atoms with Gasteiger partial charge in [-0.05, 0) is 25.7 Å².